The molecule has 1 aromatic rings. The van der Waals surface area contributed by atoms with E-state index < -0.39 is 0 Å². The fourth-order valence-electron chi connectivity index (χ4n) is 1.63. The Kier molecular flexibility index (Phi) is 2.86. The van der Waals surface area contributed by atoms with E-state index in [-0.39, 0.29) is 11.8 Å². The number of anilines is 1. The predicted octanol–water partition coefficient (Wildman–Crippen LogP) is 1.38. The van der Waals surface area contributed by atoms with Crippen molar-refractivity contribution in [1.29, 1.82) is 0 Å². The van der Waals surface area contributed by atoms with E-state index in [1.807, 2.05) is 6.92 Å². The van der Waals surface area contributed by atoms with Gasteiger partial charge in [0.15, 0.2) is 5.82 Å². The molecule has 1 aliphatic rings. The second-order valence-electron chi connectivity index (χ2n) is 3.74. The molecule has 2 rings (SSSR count). The lowest BCUT2D eigenvalue weighted by atomic mass is 10.2. The second kappa shape index (κ2) is 4.14. The average Bonchev–Trinajstić information content (AvgIpc) is 2.61. The smallest absolute Gasteiger partial charge is 0.228 e. The Morgan fingerprint density at radius 3 is 2.87 bits per heavy atom. The van der Waals surface area contributed by atoms with Gasteiger partial charge >= 0.3 is 0 Å². The van der Waals surface area contributed by atoms with Crippen LogP contribution in [0.25, 0.3) is 0 Å². The lowest BCUT2D eigenvalue weighted by Gasteiger charge is -2.14. The number of rotatable bonds is 2. The third-order valence-electron chi connectivity index (χ3n) is 2.47. The molecular formula is C10H12ClN3O. The summed E-state index contributed by atoms with van der Waals surface area (Å²) in [4.78, 5) is 21.6. The number of carbonyl (C=O) groups excluding carboxylic acids is 1. The van der Waals surface area contributed by atoms with Crippen LogP contribution in [-0.4, -0.2) is 28.3 Å². The van der Waals surface area contributed by atoms with Gasteiger partial charge in [-0.25, -0.2) is 4.98 Å². The molecule has 1 amide bonds. The maximum Gasteiger partial charge on any atom is 0.228 e. The summed E-state index contributed by atoms with van der Waals surface area (Å²) in [6.07, 6.45) is 3.81. The highest BCUT2D eigenvalue weighted by Crippen LogP contribution is 2.23. The van der Waals surface area contributed by atoms with E-state index in [2.05, 4.69) is 9.97 Å². The van der Waals surface area contributed by atoms with Gasteiger partial charge in [-0.3, -0.25) is 14.7 Å². The molecule has 0 spiro atoms. The van der Waals surface area contributed by atoms with Crippen molar-refractivity contribution < 1.29 is 4.79 Å². The molecule has 0 N–H and O–H groups in total. The van der Waals surface area contributed by atoms with Gasteiger partial charge in [-0.1, -0.05) is 0 Å². The van der Waals surface area contributed by atoms with Crippen molar-refractivity contribution in [2.24, 2.45) is 5.92 Å². The van der Waals surface area contributed by atoms with Gasteiger partial charge in [0.2, 0.25) is 5.91 Å². The topological polar surface area (TPSA) is 46.1 Å². The van der Waals surface area contributed by atoms with E-state index in [9.17, 15) is 4.79 Å². The molecule has 0 saturated carbocycles. The summed E-state index contributed by atoms with van der Waals surface area (Å²) in [6, 6.07) is 0. The van der Waals surface area contributed by atoms with Gasteiger partial charge in [0, 0.05) is 18.8 Å². The van der Waals surface area contributed by atoms with E-state index in [0.717, 1.165) is 5.69 Å². The standard InChI is InChI=1S/C10H12ClN3O/c1-7-4-13-9(5-12-7)14-6-8(3-11)2-10(14)15/h4-5,8H,2-3,6H2,1H3. The van der Waals surface area contributed by atoms with Gasteiger partial charge in [0.05, 0.1) is 18.1 Å². The fraction of sp³-hybridized carbons (Fsp3) is 0.500. The zero-order chi connectivity index (χ0) is 10.8. The second-order valence-corrected chi connectivity index (χ2v) is 4.05. The Labute approximate surface area is 93.3 Å². The highest BCUT2D eigenvalue weighted by Gasteiger charge is 2.30. The van der Waals surface area contributed by atoms with E-state index in [1.54, 1.807) is 17.3 Å². The minimum atomic E-state index is 0.0822. The van der Waals surface area contributed by atoms with Crippen LogP contribution in [-0.2, 0) is 4.79 Å². The molecule has 1 saturated heterocycles. The third-order valence-corrected chi connectivity index (χ3v) is 2.90. The number of alkyl halides is 1. The van der Waals surface area contributed by atoms with Gasteiger partial charge in [0.1, 0.15) is 0 Å². The molecule has 0 bridgehead atoms. The van der Waals surface area contributed by atoms with Gasteiger partial charge in [-0.15, -0.1) is 11.6 Å². The number of hydrogen-bond acceptors (Lipinski definition) is 3. The molecule has 2 heterocycles. The largest absolute Gasteiger partial charge is 0.295 e. The van der Waals surface area contributed by atoms with Crippen LogP contribution in [0.3, 0.4) is 0 Å². The number of nitrogens with zero attached hydrogens (tertiary/aromatic N) is 3. The van der Waals surface area contributed by atoms with E-state index >= 15 is 0 Å². The van der Waals surface area contributed by atoms with E-state index in [4.69, 9.17) is 11.6 Å². The van der Waals surface area contributed by atoms with Crippen molar-refractivity contribution >= 4 is 23.3 Å². The minimum Gasteiger partial charge on any atom is -0.295 e. The van der Waals surface area contributed by atoms with Crippen LogP contribution in [0.1, 0.15) is 12.1 Å². The molecular weight excluding hydrogens is 214 g/mol. The van der Waals surface area contributed by atoms with Gasteiger partial charge < -0.3 is 0 Å². The molecule has 0 aliphatic carbocycles. The first kappa shape index (κ1) is 10.4. The lowest BCUT2D eigenvalue weighted by molar-refractivity contribution is -0.117. The Balaban J connectivity index is 2.18. The summed E-state index contributed by atoms with van der Waals surface area (Å²) in [5, 5.41) is 0. The number of aryl methyl sites for hydroxylation is 1. The average molecular weight is 226 g/mol. The highest BCUT2D eigenvalue weighted by molar-refractivity contribution is 6.18. The number of carbonyl (C=O) groups is 1. The van der Waals surface area contributed by atoms with Crippen molar-refractivity contribution in [2.75, 3.05) is 17.3 Å². The predicted molar refractivity (Wildman–Crippen MR) is 57.9 cm³/mol. The first-order valence-electron chi connectivity index (χ1n) is 4.85. The van der Waals surface area contributed by atoms with Gasteiger partial charge in [-0.05, 0) is 12.8 Å². The molecule has 1 fully saturated rings. The first-order valence-corrected chi connectivity index (χ1v) is 5.39. The SMILES string of the molecule is Cc1cnc(N2CC(CCl)CC2=O)cn1. The molecule has 80 valence electrons. The zero-order valence-corrected chi connectivity index (χ0v) is 9.24. The Morgan fingerprint density at radius 1 is 1.53 bits per heavy atom. The Hall–Kier alpha value is -1.16. The normalized spacial score (nSPS) is 21.1. The minimum absolute atomic E-state index is 0.0822. The van der Waals surface area contributed by atoms with Crippen LogP contribution in [0.15, 0.2) is 12.4 Å². The van der Waals surface area contributed by atoms with Crippen molar-refractivity contribution in [3.63, 3.8) is 0 Å². The van der Waals surface area contributed by atoms with Crippen LogP contribution >= 0.6 is 11.6 Å². The maximum absolute atomic E-state index is 11.6. The molecule has 5 heteroatoms. The van der Waals surface area contributed by atoms with Crippen molar-refractivity contribution in [3.05, 3.63) is 18.1 Å². The Bertz CT molecular complexity index is 365. The van der Waals surface area contributed by atoms with Gasteiger partial charge in [0.25, 0.3) is 0 Å². The van der Waals surface area contributed by atoms with Crippen LogP contribution < -0.4 is 4.90 Å². The molecule has 0 aromatic carbocycles. The molecule has 1 aromatic heterocycles. The summed E-state index contributed by atoms with van der Waals surface area (Å²) >= 11 is 5.74. The van der Waals surface area contributed by atoms with Crippen LogP contribution in [0, 0.1) is 12.8 Å². The molecule has 15 heavy (non-hydrogen) atoms. The number of amides is 1. The van der Waals surface area contributed by atoms with Crippen molar-refractivity contribution in [1.82, 2.24) is 9.97 Å². The maximum atomic E-state index is 11.6. The van der Waals surface area contributed by atoms with Crippen LogP contribution in [0.4, 0.5) is 5.82 Å². The quantitative estimate of drug-likeness (QED) is 0.715. The zero-order valence-electron chi connectivity index (χ0n) is 8.48. The van der Waals surface area contributed by atoms with E-state index in [1.165, 1.54) is 0 Å². The number of halogens is 1. The van der Waals surface area contributed by atoms with Gasteiger partial charge in [-0.2, -0.15) is 0 Å². The van der Waals surface area contributed by atoms with Crippen molar-refractivity contribution in [2.45, 2.75) is 13.3 Å². The third kappa shape index (κ3) is 2.09. The fourth-order valence-corrected chi connectivity index (χ4v) is 1.84. The summed E-state index contributed by atoms with van der Waals surface area (Å²) in [5.41, 5.74) is 0.847. The summed E-state index contributed by atoms with van der Waals surface area (Å²) in [7, 11) is 0. The molecule has 1 aliphatic heterocycles. The lowest BCUT2D eigenvalue weighted by Crippen LogP contribution is -2.25. The van der Waals surface area contributed by atoms with Crippen LogP contribution in [0.2, 0.25) is 0 Å². The Morgan fingerprint density at radius 2 is 2.33 bits per heavy atom. The highest BCUT2D eigenvalue weighted by atomic mass is 35.5. The van der Waals surface area contributed by atoms with Crippen molar-refractivity contribution in [3.8, 4) is 0 Å². The number of aromatic nitrogens is 2. The monoisotopic (exact) mass is 225 g/mol. The first-order chi connectivity index (χ1) is 7.20. The summed E-state index contributed by atoms with van der Waals surface area (Å²) < 4.78 is 0. The molecule has 4 nitrogen and oxygen atoms in total. The molecule has 1 atom stereocenters. The molecule has 1 unspecified atom stereocenters. The number of hydrogen-bond donors (Lipinski definition) is 0. The summed E-state index contributed by atoms with van der Waals surface area (Å²) in [6.45, 7) is 2.52. The van der Waals surface area contributed by atoms with Crippen LogP contribution in [0.5, 0.6) is 0 Å². The molecule has 0 radical (unpaired) electrons. The van der Waals surface area contributed by atoms with E-state index in [0.29, 0.717) is 24.7 Å². The summed E-state index contributed by atoms with van der Waals surface area (Å²) in [5.74, 6) is 1.46.